The number of β-amino-alcohol motifs (C(OH)–C–C–N with tert-alkyl or cyclic N) is 1. The molecule has 1 aliphatic rings. The number of amides is 1. The number of furan rings is 1. The van der Waals surface area contributed by atoms with Gasteiger partial charge in [-0.25, -0.2) is 4.98 Å². The lowest BCUT2D eigenvalue weighted by atomic mass is 10.1. The summed E-state index contributed by atoms with van der Waals surface area (Å²) in [5.41, 5.74) is 0.379. The van der Waals surface area contributed by atoms with Gasteiger partial charge in [-0.2, -0.15) is 0 Å². The fourth-order valence-corrected chi connectivity index (χ4v) is 3.04. The highest BCUT2D eigenvalue weighted by Gasteiger charge is 2.25. The van der Waals surface area contributed by atoms with E-state index in [2.05, 4.69) is 15.6 Å². The molecule has 3 heterocycles. The number of aromatic nitrogens is 1. The van der Waals surface area contributed by atoms with Crippen LogP contribution in [0.5, 0.6) is 0 Å². The summed E-state index contributed by atoms with van der Waals surface area (Å²) >= 11 is 1.38. The Labute approximate surface area is 126 Å². The van der Waals surface area contributed by atoms with Gasteiger partial charge in [0.05, 0.1) is 6.10 Å². The molecule has 0 radical (unpaired) electrons. The van der Waals surface area contributed by atoms with Gasteiger partial charge in [-0.3, -0.25) is 4.79 Å². The molecule has 2 atom stereocenters. The van der Waals surface area contributed by atoms with E-state index in [1.165, 1.54) is 11.3 Å². The Balaban J connectivity index is 1.61. The molecular weight excluding hydrogens is 290 g/mol. The van der Waals surface area contributed by atoms with Crippen molar-refractivity contribution in [2.75, 3.05) is 19.6 Å². The van der Waals surface area contributed by atoms with Gasteiger partial charge in [0, 0.05) is 30.9 Å². The van der Waals surface area contributed by atoms with Gasteiger partial charge in [0.1, 0.15) is 11.5 Å². The molecule has 0 saturated carbocycles. The van der Waals surface area contributed by atoms with Crippen LogP contribution in [0.4, 0.5) is 0 Å². The number of nitrogens with one attached hydrogen (secondary N) is 2. The lowest BCUT2D eigenvalue weighted by Crippen LogP contribution is -2.34. The van der Waals surface area contributed by atoms with Crippen molar-refractivity contribution in [1.82, 2.24) is 15.6 Å². The summed E-state index contributed by atoms with van der Waals surface area (Å²) < 4.78 is 5.49. The van der Waals surface area contributed by atoms with Crippen molar-refractivity contribution >= 4 is 17.2 Å². The van der Waals surface area contributed by atoms with Crippen LogP contribution in [0.1, 0.15) is 16.2 Å². The predicted octanol–water partition coefficient (Wildman–Crippen LogP) is 1.02. The Morgan fingerprint density at radius 1 is 1.57 bits per heavy atom. The van der Waals surface area contributed by atoms with Crippen LogP contribution in [0, 0.1) is 12.8 Å². The van der Waals surface area contributed by atoms with E-state index < -0.39 is 6.10 Å². The molecule has 2 aromatic heterocycles. The van der Waals surface area contributed by atoms with Crippen LogP contribution < -0.4 is 10.6 Å². The summed E-state index contributed by atoms with van der Waals surface area (Å²) in [5, 5.41) is 18.0. The normalized spacial score (nSPS) is 21.6. The van der Waals surface area contributed by atoms with E-state index in [-0.39, 0.29) is 11.8 Å². The van der Waals surface area contributed by atoms with E-state index in [1.54, 1.807) is 5.38 Å². The van der Waals surface area contributed by atoms with Gasteiger partial charge in [-0.1, -0.05) is 0 Å². The highest BCUT2D eigenvalue weighted by atomic mass is 32.1. The fraction of sp³-hybridized carbons (Fsp3) is 0.429. The predicted molar refractivity (Wildman–Crippen MR) is 79.3 cm³/mol. The summed E-state index contributed by atoms with van der Waals surface area (Å²) in [6.07, 6.45) is -0.401. The van der Waals surface area contributed by atoms with Crippen LogP contribution in [0.3, 0.4) is 0 Å². The third-order valence-corrected chi connectivity index (χ3v) is 4.37. The van der Waals surface area contributed by atoms with Crippen LogP contribution >= 0.6 is 11.3 Å². The van der Waals surface area contributed by atoms with E-state index in [0.29, 0.717) is 29.6 Å². The molecule has 1 fully saturated rings. The third-order valence-electron chi connectivity index (χ3n) is 3.52. The van der Waals surface area contributed by atoms with Crippen molar-refractivity contribution in [3.8, 4) is 10.8 Å². The standard InChI is InChI=1S/C14H17N3O3S/c1-8-2-3-12(20-8)14-17-10(7-21-14)13(19)16-5-9-4-15-6-11(9)18/h2-3,7,9,11,15,18H,4-6H2,1H3,(H,16,19). The van der Waals surface area contributed by atoms with E-state index in [9.17, 15) is 9.90 Å². The van der Waals surface area contributed by atoms with Gasteiger partial charge < -0.3 is 20.2 Å². The van der Waals surface area contributed by atoms with Crippen molar-refractivity contribution < 1.29 is 14.3 Å². The summed E-state index contributed by atoms with van der Waals surface area (Å²) in [6.45, 7) is 3.61. The zero-order chi connectivity index (χ0) is 14.8. The number of hydrogen-bond donors (Lipinski definition) is 3. The average molecular weight is 307 g/mol. The first-order valence-corrected chi connectivity index (χ1v) is 7.71. The Bertz CT molecular complexity index is 637. The lowest BCUT2D eigenvalue weighted by Gasteiger charge is -2.13. The number of carbonyl (C=O) groups excluding carboxylic acids is 1. The first-order valence-electron chi connectivity index (χ1n) is 6.83. The molecule has 7 heteroatoms. The SMILES string of the molecule is Cc1ccc(-c2nc(C(=O)NCC3CNCC3O)cs2)o1. The minimum absolute atomic E-state index is 0.0554. The molecule has 0 bridgehead atoms. The molecule has 3 N–H and O–H groups in total. The second-order valence-corrected chi connectivity index (χ2v) is 6.00. The largest absolute Gasteiger partial charge is 0.459 e. The summed E-state index contributed by atoms with van der Waals surface area (Å²) in [4.78, 5) is 16.4. The van der Waals surface area contributed by atoms with Crippen LogP contribution in [-0.4, -0.2) is 41.7 Å². The lowest BCUT2D eigenvalue weighted by molar-refractivity contribution is 0.0923. The molecule has 1 saturated heterocycles. The second kappa shape index (κ2) is 5.97. The van der Waals surface area contributed by atoms with Crippen molar-refractivity contribution in [2.45, 2.75) is 13.0 Å². The minimum atomic E-state index is -0.401. The van der Waals surface area contributed by atoms with Gasteiger partial charge in [-0.15, -0.1) is 11.3 Å². The van der Waals surface area contributed by atoms with Gasteiger partial charge in [0.15, 0.2) is 10.8 Å². The van der Waals surface area contributed by atoms with Crippen LogP contribution in [0.25, 0.3) is 10.8 Å². The van der Waals surface area contributed by atoms with Crippen molar-refractivity contribution in [1.29, 1.82) is 0 Å². The third kappa shape index (κ3) is 3.15. The molecule has 3 rings (SSSR count). The molecule has 21 heavy (non-hydrogen) atoms. The number of hydrogen-bond acceptors (Lipinski definition) is 6. The number of carbonyl (C=O) groups is 1. The average Bonchev–Trinajstić information content (AvgIpc) is 3.16. The molecule has 6 nitrogen and oxygen atoms in total. The highest BCUT2D eigenvalue weighted by molar-refractivity contribution is 7.13. The summed E-state index contributed by atoms with van der Waals surface area (Å²) in [6, 6.07) is 3.71. The fourth-order valence-electron chi connectivity index (χ4n) is 2.28. The van der Waals surface area contributed by atoms with Crippen LogP contribution in [0.15, 0.2) is 21.9 Å². The number of thiazole rings is 1. The van der Waals surface area contributed by atoms with Gasteiger partial charge in [-0.05, 0) is 19.1 Å². The Morgan fingerprint density at radius 3 is 3.10 bits per heavy atom. The van der Waals surface area contributed by atoms with Crippen molar-refractivity contribution in [3.05, 3.63) is 29.0 Å². The van der Waals surface area contributed by atoms with Gasteiger partial charge in [0.25, 0.3) is 5.91 Å². The summed E-state index contributed by atoms with van der Waals surface area (Å²) in [7, 11) is 0. The van der Waals surface area contributed by atoms with E-state index in [0.717, 1.165) is 12.3 Å². The van der Waals surface area contributed by atoms with E-state index >= 15 is 0 Å². The molecule has 1 amide bonds. The zero-order valence-electron chi connectivity index (χ0n) is 11.6. The quantitative estimate of drug-likeness (QED) is 0.785. The summed E-state index contributed by atoms with van der Waals surface area (Å²) in [5.74, 6) is 1.32. The Morgan fingerprint density at radius 2 is 2.43 bits per heavy atom. The number of aliphatic hydroxyl groups excluding tert-OH is 1. The molecule has 0 aromatic carbocycles. The van der Waals surface area contributed by atoms with Crippen molar-refractivity contribution in [2.24, 2.45) is 5.92 Å². The molecule has 112 valence electrons. The first-order chi connectivity index (χ1) is 10.1. The molecule has 1 aliphatic heterocycles. The molecular formula is C14H17N3O3S. The number of nitrogens with zero attached hydrogens (tertiary/aromatic N) is 1. The second-order valence-electron chi connectivity index (χ2n) is 5.14. The minimum Gasteiger partial charge on any atom is -0.459 e. The maximum Gasteiger partial charge on any atom is 0.270 e. The topological polar surface area (TPSA) is 87.4 Å². The smallest absolute Gasteiger partial charge is 0.270 e. The maximum absolute atomic E-state index is 12.1. The van der Waals surface area contributed by atoms with Crippen LogP contribution in [-0.2, 0) is 0 Å². The van der Waals surface area contributed by atoms with Gasteiger partial charge >= 0.3 is 0 Å². The molecule has 2 aromatic rings. The first kappa shape index (κ1) is 14.2. The van der Waals surface area contributed by atoms with Gasteiger partial charge in [0.2, 0.25) is 0 Å². The monoisotopic (exact) mass is 307 g/mol. The molecule has 0 spiro atoms. The highest BCUT2D eigenvalue weighted by Crippen LogP contribution is 2.25. The zero-order valence-corrected chi connectivity index (χ0v) is 12.4. The van der Waals surface area contributed by atoms with Crippen molar-refractivity contribution in [3.63, 3.8) is 0 Å². The molecule has 0 aliphatic carbocycles. The van der Waals surface area contributed by atoms with E-state index in [1.807, 2.05) is 19.1 Å². The number of aliphatic hydroxyl groups is 1. The Hall–Kier alpha value is -1.70. The number of aryl methyl sites for hydroxylation is 1. The maximum atomic E-state index is 12.1. The number of rotatable bonds is 4. The molecule has 2 unspecified atom stereocenters. The Kier molecular flexibility index (Phi) is 4.05. The van der Waals surface area contributed by atoms with E-state index in [4.69, 9.17) is 4.42 Å². The van der Waals surface area contributed by atoms with Crippen LogP contribution in [0.2, 0.25) is 0 Å².